The molecule has 1 atom stereocenters. The Morgan fingerprint density at radius 2 is 2.27 bits per heavy atom. The van der Waals surface area contributed by atoms with Crippen LogP contribution in [0.1, 0.15) is 23.8 Å². The minimum absolute atomic E-state index is 0.0858. The molecular weight excluding hydrogens is 194 g/mol. The van der Waals surface area contributed by atoms with Gasteiger partial charge in [-0.15, -0.1) is 10.2 Å². The molecule has 0 spiro atoms. The molecule has 6 heteroatoms. The largest absolute Gasteiger partial charge is 0.367 e. The third kappa shape index (κ3) is 3.51. The zero-order valence-electron chi connectivity index (χ0n) is 8.60. The van der Waals surface area contributed by atoms with Gasteiger partial charge in [-0.3, -0.25) is 4.79 Å². The van der Waals surface area contributed by atoms with Crippen molar-refractivity contribution in [2.45, 2.75) is 19.4 Å². The maximum Gasteiger partial charge on any atom is 0.269 e. The molecule has 0 aliphatic carbocycles. The molecule has 0 aromatic carbocycles. The first kappa shape index (κ1) is 11.4. The van der Waals surface area contributed by atoms with Crippen molar-refractivity contribution in [2.24, 2.45) is 11.5 Å². The lowest BCUT2D eigenvalue weighted by Crippen LogP contribution is -2.28. The van der Waals surface area contributed by atoms with Gasteiger partial charge in [0.25, 0.3) is 5.91 Å². The number of carbonyl (C=O) groups is 1. The molecule has 82 valence electrons. The molecule has 1 amide bonds. The molecule has 0 saturated carbocycles. The topological polar surface area (TPSA) is 107 Å². The van der Waals surface area contributed by atoms with E-state index in [-0.39, 0.29) is 11.7 Å². The molecule has 0 saturated heterocycles. The Balaban J connectivity index is 2.53. The van der Waals surface area contributed by atoms with Crippen LogP contribution in [0.15, 0.2) is 12.1 Å². The van der Waals surface area contributed by atoms with Gasteiger partial charge in [-0.25, -0.2) is 0 Å². The van der Waals surface area contributed by atoms with Gasteiger partial charge in [0.1, 0.15) is 5.82 Å². The van der Waals surface area contributed by atoms with Crippen molar-refractivity contribution in [1.29, 1.82) is 0 Å². The van der Waals surface area contributed by atoms with Crippen molar-refractivity contribution in [3.8, 4) is 0 Å². The Morgan fingerprint density at radius 1 is 1.53 bits per heavy atom. The Bertz CT molecular complexity index is 324. The van der Waals surface area contributed by atoms with Gasteiger partial charge >= 0.3 is 0 Å². The summed E-state index contributed by atoms with van der Waals surface area (Å²) in [7, 11) is 0. The van der Waals surface area contributed by atoms with E-state index in [4.69, 9.17) is 11.5 Å². The highest BCUT2D eigenvalue weighted by atomic mass is 16.1. The Labute approximate surface area is 88.1 Å². The summed E-state index contributed by atoms with van der Waals surface area (Å²) in [6.45, 7) is 2.63. The number of aromatic nitrogens is 2. The predicted octanol–water partition coefficient (Wildman–Crippen LogP) is -0.275. The Kier molecular flexibility index (Phi) is 3.99. The van der Waals surface area contributed by atoms with E-state index in [9.17, 15) is 4.79 Å². The van der Waals surface area contributed by atoms with Crippen molar-refractivity contribution in [3.05, 3.63) is 17.8 Å². The number of hydrogen-bond donors (Lipinski definition) is 3. The van der Waals surface area contributed by atoms with Crippen LogP contribution in [0.4, 0.5) is 5.82 Å². The summed E-state index contributed by atoms with van der Waals surface area (Å²) in [5.41, 5.74) is 10.9. The summed E-state index contributed by atoms with van der Waals surface area (Å²) >= 11 is 0. The van der Waals surface area contributed by atoms with Crippen LogP contribution in [-0.4, -0.2) is 28.7 Å². The number of anilines is 1. The van der Waals surface area contributed by atoms with Gasteiger partial charge in [0.15, 0.2) is 5.69 Å². The van der Waals surface area contributed by atoms with Crippen molar-refractivity contribution in [3.63, 3.8) is 0 Å². The van der Waals surface area contributed by atoms with Crippen molar-refractivity contribution in [1.82, 2.24) is 10.2 Å². The molecule has 0 radical (unpaired) electrons. The van der Waals surface area contributed by atoms with Crippen molar-refractivity contribution in [2.75, 3.05) is 11.9 Å². The van der Waals surface area contributed by atoms with Crippen LogP contribution in [0.5, 0.6) is 0 Å². The molecule has 5 N–H and O–H groups in total. The summed E-state index contributed by atoms with van der Waals surface area (Å²) in [6.07, 6.45) is 0.889. The lowest BCUT2D eigenvalue weighted by Gasteiger charge is -2.09. The molecule has 0 aliphatic rings. The number of nitrogens with one attached hydrogen (secondary N) is 1. The first-order chi connectivity index (χ1) is 7.13. The van der Waals surface area contributed by atoms with Crippen LogP contribution in [-0.2, 0) is 0 Å². The number of primary amides is 1. The highest BCUT2D eigenvalue weighted by molar-refractivity contribution is 5.90. The summed E-state index contributed by atoms with van der Waals surface area (Å²) < 4.78 is 0. The minimum atomic E-state index is -0.584. The molecule has 0 fully saturated rings. The third-order valence-corrected chi connectivity index (χ3v) is 1.99. The number of carbonyl (C=O) groups excluding carboxylic acids is 1. The summed E-state index contributed by atoms with van der Waals surface area (Å²) in [6, 6.07) is 3.26. The number of nitrogens with zero attached hydrogens (tertiary/aromatic N) is 2. The zero-order chi connectivity index (χ0) is 11.3. The van der Waals surface area contributed by atoms with Crippen molar-refractivity contribution < 1.29 is 4.79 Å². The summed E-state index contributed by atoms with van der Waals surface area (Å²) in [5.74, 6) is 0.00297. The van der Waals surface area contributed by atoms with Crippen LogP contribution in [0.3, 0.4) is 0 Å². The second-order valence-corrected chi connectivity index (χ2v) is 3.22. The summed E-state index contributed by atoms with van der Waals surface area (Å²) in [5, 5.41) is 10.5. The molecule has 1 aromatic heterocycles. The van der Waals surface area contributed by atoms with E-state index in [0.29, 0.717) is 12.4 Å². The first-order valence-corrected chi connectivity index (χ1v) is 4.76. The van der Waals surface area contributed by atoms with Crippen LogP contribution < -0.4 is 16.8 Å². The third-order valence-electron chi connectivity index (χ3n) is 1.99. The van der Waals surface area contributed by atoms with Gasteiger partial charge in [0.05, 0.1) is 0 Å². The molecular formula is C9H15N5O. The maximum atomic E-state index is 10.7. The van der Waals surface area contributed by atoms with E-state index in [1.54, 1.807) is 6.07 Å². The van der Waals surface area contributed by atoms with Gasteiger partial charge in [-0.05, 0) is 18.6 Å². The molecule has 0 aliphatic heterocycles. The Hall–Kier alpha value is -1.69. The molecule has 1 heterocycles. The quantitative estimate of drug-likeness (QED) is 0.618. The van der Waals surface area contributed by atoms with Gasteiger partial charge in [0.2, 0.25) is 0 Å². The van der Waals surface area contributed by atoms with Crippen LogP contribution >= 0.6 is 0 Å². The highest BCUT2D eigenvalue weighted by Gasteiger charge is 2.03. The maximum absolute atomic E-state index is 10.7. The normalized spacial score (nSPS) is 12.1. The molecule has 0 bridgehead atoms. The number of nitrogens with two attached hydrogens (primary N) is 2. The Morgan fingerprint density at radius 3 is 2.73 bits per heavy atom. The molecule has 1 rings (SSSR count). The fourth-order valence-electron chi connectivity index (χ4n) is 0.938. The van der Waals surface area contributed by atoms with Gasteiger partial charge in [0, 0.05) is 12.6 Å². The van der Waals surface area contributed by atoms with Crippen molar-refractivity contribution >= 4 is 11.7 Å². The standard InChI is InChI=1S/C9H15N5O/c1-2-6(10)5-12-8-4-3-7(9(11)15)13-14-8/h3-4,6H,2,5,10H2,1H3,(H2,11,15)(H,12,14). The molecule has 15 heavy (non-hydrogen) atoms. The van der Waals surface area contributed by atoms with Gasteiger partial charge < -0.3 is 16.8 Å². The average molecular weight is 209 g/mol. The zero-order valence-corrected chi connectivity index (χ0v) is 8.60. The fourth-order valence-corrected chi connectivity index (χ4v) is 0.938. The van der Waals surface area contributed by atoms with E-state index < -0.39 is 5.91 Å². The fraction of sp³-hybridized carbons (Fsp3) is 0.444. The van der Waals surface area contributed by atoms with Crippen LogP contribution in [0.25, 0.3) is 0 Å². The van der Waals surface area contributed by atoms with E-state index in [2.05, 4.69) is 15.5 Å². The SMILES string of the molecule is CCC(N)CNc1ccc(C(N)=O)nn1. The number of rotatable bonds is 5. The number of hydrogen-bond acceptors (Lipinski definition) is 5. The van der Waals surface area contributed by atoms with E-state index in [1.807, 2.05) is 6.92 Å². The minimum Gasteiger partial charge on any atom is -0.367 e. The summed E-state index contributed by atoms with van der Waals surface area (Å²) in [4.78, 5) is 10.7. The second-order valence-electron chi connectivity index (χ2n) is 3.22. The molecule has 1 aromatic rings. The van der Waals surface area contributed by atoms with Crippen LogP contribution in [0.2, 0.25) is 0 Å². The molecule has 1 unspecified atom stereocenters. The predicted molar refractivity (Wildman–Crippen MR) is 57.3 cm³/mol. The first-order valence-electron chi connectivity index (χ1n) is 4.76. The van der Waals surface area contributed by atoms with Crippen LogP contribution in [0, 0.1) is 0 Å². The van der Waals surface area contributed by atoms with E-state index >= 15 is 0 Å². The number of amides is 1. The van der Waals surface area contributed by atoms with Gasteiger partial charge in [-0.2, -0.15) is 0 Å². The highest BCUT2D eigenvalue weighted by Crippen LogP contribution is 2.01. The molecule has 6 nitrogen and oxygen atoms in total. The smallest absolute Gasteiger partial charge is 0.269 e. The average Bonchev–Trinajstić information content (AvgIpc) is 2.26. The second kappa shape index (κ2) is 5.26. The monoisotopic (exact) mass is 209 g/mol. The van der Waals surface area contributed by atoms with E-state index in [0.717, 1.165) is 6.42 Å². The lowest BCUT2D eigenvalue weighted by atomic mass is 10.2. The van der Waals surface area contributed by atoms with Gasteiger partial charge in [-0.1, -0.05) is 6.92 Å². The lowest BCUT2D eigenvalue weighted by molar-refractivity contribution is 0.0994. The van der Waals surface area contributed by atoms with E-state index in [1.165, 1.54) is 6.07 Å².